The highest BCUT2D eigenvalue weighted by atomic mass is 16.5. The number of nitrogens with zero attached hydrogens (tertiary/aromatic N) is 8. The normalized spacial score (nSPS) is 21.6. The van der Waals surface area contributed by atoms with Crippen molar-refractivity contribution in [2.75, 3.05) is 19.7 Å². The van der Waals surface area contributed by atoms with E-state index in [-0.39, 0.29) is 24.5 Å². The molecule has 0 radical (unpaired) electrons. The Morgan fingerprint density at radius 1 is 1.19 bits per heavy atom. The lowest BCUT2D eigenvalue weighted by molar-refractivity contribution is -0.138. The van der Waals surface area contributed by atoms with E-state index >= 15 is 0 Å². The molecule has 2 aromatic heterocycles. The van der Waals surface area contributed by atoms with Crippen LogP contribution in [-0.2, 0) is 20.7 Å². The number of rotatable bonds is 5. The minimum atomic E-state index is -0.498. The molecule has 11 nitrogen and oxygen atoms in total. The molecule has 0 aliphatic carbocycles. The highest BCUT2D eigenvalue weighted by Gasteiger charge is 2.47. The van der Waals surface area contributed by atoms with Gasteiger partial charge in [0.1, 0.15) is 12.9 Å². The summed E-state index contributed by atoms with van der Waals surface area (Å²) in [6, 6.07) is 4.05. The molecule has 1 atom stereocenters. The lowest BCUT2D eigenvalue weighted by atomic mass is 9.78. The third-order valence-corrected chi connectivity index (χ3v) is 6.66. The zero-order valence-electron chi connectivity index (χ0n) is 18.0. The van der Waals surface area contributed by atoms with Crippen LogP contribution in [0.25, 0.3) is 5.82 Å². The molecule has 1 saturated heterocycles. The second kappa shape index (κ2) is 7.90. The van der Waals surface area contributed by atoms with Crippen molar-refractivity contribution in [1.82, 2.24) is 40.2 Å². The third kappa shape index (κ3) is 3.48. The van der Waals surface area contributed by atoms with Crippen molar-refractivity contribution in [1.29, 1.82) is 0 Å². The van der Waals surface area contributed by atoms with E-state index < -0.39 is 5.41 Å². The monoisotopic (exact) mass is 436 g/mol. The Kier molecular flexibility index (Phi) is 5.04. The maximum Gasteiger partial charge on any atom is 0.336 e. The second-order valence-corrected chi connectivity index (χ2v) is 8.52. The van der Waals surface area contributed by atoms with Crippen LogP contribution in [0.1, 0.15) is 32.4 Å². The maximum atomic E-state index is 13.2. The zero-order valence-corrected chi connectivity index (χ0v) is 18.0. The van der Waals surface area contributed by atoms with Crippen LogP contribution >= 0.6 is 0 Å². The molecule has 11 heteroatoms. The summed E-state index contributed by atoms with van der Waals surface area (Å²) in [5, 5.41) is 19.5. The Bertz CT molecular complexity index is 1080. The highest BCUT2D eigenvalue weighted by Crippen LogP contribution is 2.41. The van der Waals surface area contributed by atoms with Gasteiger partial charge in [-0.3, -0.25) is 9.69 Å². The average molecular weight is 436 g/mol. The Hall–Kier alpha value is -3.47. The van der Waals surface area contributed by atoms with Gasteiger partial charge in [0.15, 0.2) is 5.82 Å². The number of piperidine rings is 1. The lowest BCUT2D eigenvalue weighted by Gasteiger charge is -2.40. The first-order chi connectivity index (χ1) is 15.5. The van der Waals surface area contributed by atoms with Crippen molar-refractivity contribution in [2.45, 2.75) is 39.2 Å². The second-order valence-electron chi connectivity index (χ2n) is 8.52. The molecule has 0 bridgehead atoms. The third-order valence-electron chi connectivity index (χ3n) is 6.66. The average Bonchev–Trinajstić information content (AvgIpc) is 3.52. The number of hydrogen-bond donors (Lipinski definition) is 0. The van der Waals surface area contributed by atoms with Crippen molar-refractivity contribution in [2.24, 2.45) is 5.41 Å². The quantitative estimate of drug-likeness (QED) is 0.622. The Morgan fingerprint density at radius 3 is 2.62 bits per heavy atom. The van der Waals surface area contributed by atoms with Crippen LogP contribution < -0.4 is 0 Å². The van der Waals surface area contributed by atoms with Gasteiger partial charge in [-0.25, -0.2) is 4.79 Å². The van der Waals surface area contributed by atoms with Gasteiger partial charge in [-0.1, -0.05) is 6.08 Å². The smallest absolute Gasteiger partial charge is 0.336 e. The SMILES string of the molecule is CC1=C(N2C=CC3(CCN(C(C)Cc4ccc(-n5cnnn5)nn4)CC3)C2=O)COC1=O. The molecule has 5 heterocycles. The molecule has 1 amide bonds. The maximum absolute atomic E-state index is 13.2. The number of likely N-dealkylation sites (tertiary alicyclic amines) is 1. The fraction of sp³-hybridized carbons (Fsp3) is 0.476. The fourth-order valence-corrected chi connectivity index (χ4v) is 4.55. The summed E-state index contributed by atoms with van der Waals surface area (Å²) >= 11 is 0. The van der Waals surface area contributed by atoms with E-state index in [1.807, 2.05) is 24.4 Å². The number of carbonyl (C=O) groups excluding carboxylic acids is 2. The first-order valence-corrected chi connectivity index (χ1v) is 10.7. The molecule has 3 aliphatic rings. The molecule has 1 unspecified atom stereocenters. The topological polar surface area (TPSA) is 119 Å². The van der Waals surface area contributed by atoms with Crippen LogP contribution in [0, 0.1) is 5.41 Å². The van der Waals surface area contributed by atoms with Gasteiger partial charge in [-0.2, -0.15) is 9.78 Å². The molecule has 166 valence electrons. The molecule has 1 spiro atoms. The van der Waals surface area contributed by atoms with Gasteiger partial charge in [0.2, 0.25) is 5.91 Å². The molecule has 1 fully saturated rings. The lowest BCUT2D eigenvalue weighted by Crippen LogP contribution is -2.48. The van der Waals surface area contributed by atoms with Crippen LogP contribution in [0.15, 0.2) is 42.0 Å². The number of ether oxygens (including phenoxy) is 1. The van der Waals surface area contributed by atoms with E-state index in [1.54, 1.807) is 11.8 Å². The standard InChI is InChI=1S/C21H24N8O3/c1-14(11-16-3-4-18(24-23-16)29-13-22-25-26-29)27-8-5-21(6-9-27)7-10-28(20(21)31)17-12-32-19(30)15(17)2/h3-4,7,10,13-14H,5-6,8-9,11-12H2,1-2H3. The summed E-state index contributed by atoms with van der Waals surface area (Å²) < 4.78 is 6.54. The molecule has 3 aliphatic heterocycles. The number of esters is 1. The van der Waals surface area contributed by atoms with Crippen molar-refractivity contribution in [3.8, 4) is 5.82 Å². The number of cyclic esters (lactones) is 1. The first kappa shape index (κ1) is 20.4. The molecule has 32 heavy (non-hydrogen) atoms. The van der Waals surface area contributed by atoms with E-state index in [0.29, 0.717) is 17.1 Å². The molecule has 2 aromatic rings. The van der Waals surface area contributed by atoms with E-state index in [2.05, 4.69) is 37.5 Å². The van der Waals surface area contributed by atoms with Crippen LogP contribution in [-0.4, -0.2) is 77.8 Å². The van der Waals surface area contributed by atoms with Gasteiger partial charge < -0.3 is 9.64 Å². The molecule has 0 saturated carbocycles. The molecule has 5 rings (SSSR count). The minimum absolute atomic E-state index is 0.0431. The van der Waals surface area contributed by atoms with E-state index in [9.17, 15) is 9.59 Å². The van der Waals surface area contributed by atoms with E-state index in [4.69, 9.17) is 4.74 Å². The van der Waals surface area contributed by atoms with Crippen molar-refractivity contribution in [3.63, 3.8) is 0 Å². The predicted octanol–water partition coefficient (Wildman–Crippen LogP) is 0.652. The summed E-state index contributed by atoms with van der Waals surface area (Å²) in [6.07, 6.45) is 7.54. The zero-order chi connectivity index (χ0) is 22.3. The number of tetrazole rings is 1. The van der Waals surface area contributed by atoms with Crippen LogP contribution in [0.2, 0.25) is 0 Å². The van der Waals surface area contributed by atoms with Crippen LogP contribution in [0.5, 0.6) is 0 Å². The van der Waals surface area contributed by atoms with E-state index in [0.717, 1.165) is 38.0 Å². The van der Waals surface area contributed by atoms with Gasteiger partial charge in [0, 0.05) is 18.7 Å². The van der Waals surface area contributed by atoms with E-state index in [1.165, 1.54) is 11.0 Å². The van der Waals surface area contributed by atoms with Gasteiger partial charge in [-0.05, 0) is 62.3 Å². The van der Waals surface area contributed by atoms with Crippen molar-refractivity contribution in [3.05, 3.63) is 47.7 Å². The number of carbonyl (C=O) groups is 2. The van der Waals surface area contributed by atoms with Crippen molar-refractivity contribution < 1.29 is 14.3 Å². The molecular formula is C21H24N8O3. The minimum Gasteiger partial charge on any atom is -0.456 e. The molecule has 0 aromatic carbocycles. The van der Waals surface area contributed by atoms with Crippen LogP contribution in [0.4, 0.5) is 0 Å². The fourth-order valence-electron chi connectivity index (χ4n) is 4.55. The van der Waals surface area contributed by atoms with Gasteiger partial charge >= 0.3 is 5.97 Å². The Balaban J connectivity index is 1.19. The van der Waals surface area contributed by atoms with Gasteiger partial charge in [0.25, 0.3) is 0 Å². The van der Waals surface area contributed by atoms with Gasteiger partial charge in [0.05, 0.1) is 22.4 Å². The predicted molar refractivity (Wildman–Crippen MR) is 111 cm³/mol. The number of hydrogen-bond acceptors (Lipinski definition) is 9. The first-order valence-electron chi connectivity index (χ1n) is 10.7. The number of aromatic nitrogens is 6. The summed E-state index contributed by atoms with van der Waals surface area (Å²) in [4.78, 5) is 28.9. The van der Waals surface area contributed by atoms with Gasteiger partial charge in [-0.15, -0.1) is 10.2 Å². The number of amides is 1. The molecular weight excluding hydrogens is 412 g/mol. The van der Waals surface area contributed by atoms with Crippen LogP contribution in [0.3, 0.4) is 0 Å². The van der Waals surface area contributed by atoms with Crippen molar-refractivity contribution >= 4 is 11.9 Å². The highest BCUT2D eigenvalue weighted by molar-refractivity contribution is 5.95. The largest absolute Gasteiger partial charge is 0.456 e. The summed E-state index contributed by atoms with van der Waals surface area (Å²) in [5.74, 6) is 0.267. The summed E-state index contributed by atoms with van der Waals surface area (Å²) in [7, 11) is 0. The summed E-state index contributed by atoms with van der Waals surface area (Å²) in [6.45, 7) is 5.67. The summed E-state index contributed by atoms with van der Waals surface area (Å²) in [5.41, 5.74) is 1.57. The Morgan fingerprint density at radius 2 is 2.00 bits per heavy atom. The molecule has 0 N–H and O–H groups in total. The Labute approximate surface area is 184 Å².